The second kappa shape index (κ2) is 7.74. The molecule has 2 heterocycles. The summed E-state index contributed by atoms with van der Waals surface area (Å²) in [7, 11) is -3.79. The molecule has 31 heavy (non-hydrogen) atoms. The topological polar surface area (TPSA) is 105 Å². The maximum atomic E-state index is 12.8. The van der Waals surface area contributed by atoms with Gasteiger partial charge in [0.15, 0.2) is 0 Å². The van der Waals surface area contributed by atoms with Crippen molar-refractivity contribution in [2.45, 2.75) is 30.7 Å². The maximum absolute atomic E-state index is 12.8. The normalized spacial score (nSPS) is 15.8. The number of fused-ring (bicyclic) bond motifs is 1. The molecule has 1 fully saturated rings. The Morgan fingerprint density at radius 2 is 2.03 bits per heavy atom. The Kier molecular flexibility index (Phi) is 5.04. The fourth-order valence-corrected chi connectivity index (χ4v) is 4.89. The van der Waals surface area contributed by atoms with Gasteiger partial charge < -0.3 is 9.42 Å². The Morgan fingerprint density at radius 1 is 1.23 bits per heavy atom. The van der Waals surface area contributed by atoms with Crippen molar-refractivity contribution in [3.05, 3.63) is 58.9 Å². The standard InChI is InChI=1S/C21H19ClN4O4S/c22-17-4-2-1-3-16(17)20-24-19(30-25-20)12-23-31(28,29)15-7-8-18-14(11-15)9-10-26(18)21(27)13-5-6-13/h1-4,7-8,11,13,23H,5-6,9-10,12H2. The minimum absolute atomic E-state index is 0.126. The molecular formula is C21H19ClN4O4S. The van der Waals surface area contributed by atoms with Crippen LogP contribution in [0.25, 0.3) is 11.4 Å². The first-order chi connectivity index (χ1) is 14.9. The van der Waals surface area contributed by atoms with Crippen LogP contribution in [-0.4, -0.2) is 31.0 Å². The maximum Gasteiger partial charge on any atom is 0.242 e. The summed E-state index contributed by atoms with van der Waals surface area (Å²) in [6, 6.07) is 11.9. The van der Waals surface area contributed by atoms with Crippen molar-refractivity contribution in [2.24, 2.45) is 5.92 Å². The van der Waals surface area contributed by atoms with Gasteiger partial charge in [0.1, 0.15) is 0 Å². The van der Waals surface area contributed by atoms with E-state index in [0.29, 0.717) is 23.6 Å². The number of hydrogen-bond acceptors (Lipinski definition) is 6. The van der Waals surface area contributed by atoms with E-state index in [1.165, 1.54) is 6.07 Å². The molecule has 5 rings (SSSR count). The van der Waals surface area contributed by atoms with Gasteiger partial charge in [0, 0.05) is 23.7 Å². The van der Waals surface area contributed by atoms with Crippen LogP contribution in [0.1, 0.15) is 24.3 Å². The Morgan fingerprint density at radius 3 is 2.81 bits per heavy atom. The monoisotopic (exact) mass is 458 g/mol. The van der Waals surface area contributed by atoms with E-state index in [9.17, 15) is 13.2 Å². The molecule has 2 aliphatic rings. The molecule has 3 aromatic rings. The summed E-state index contributed by atoms with van der Waals surface area (Å²) in [4.78, 5) is 18.5. The molecule has 1 aliphatic carbocycles. The molecule has 1 N–H and O–H groups in total. The number of carbonyl (C=O) groups excluding carboxylic acids is 1. The minimum Gasteiger partial charge on any atom is -0.338 e. The van der Waals surface area contributed by atoms with Crippen molar-refractivity contribution in [2.75, 3.05) is 11.4 Å². The highest BCUT2D eigenvalue weighted by Gasteiger charge is 2.36. The van der Waals surface area contributed by atoms with E-state index < -0.39 is 10.0 Å². The first kappa shape index (κ1) is 20.2. The fraction of sp³-hybridized carbons (Fsp3) is 0.286. The number of aromatic nitrogens is 2. The molecule has 160 valence electrons. The lowest BCUT2D eigenvalue weighted by Gasteiger charge is -2.17. The predicted octanol–water partition coefficient (Wildman–Crippen LogP) is 3.17. The van der Waals surface area contributed by atoms with Crippen LogP contribution in [0.3, 0.4) is 0 Å². The van der Waals surface area contributed by atoms with Gasteiger partial charge in [-0.3, -0.25) is 4.79 Å². The number of anilines is 1. The third-order valence-corrected chi connectivity index (χ3v) is 7.17. The Bertz CT molecular complexity index is 1270. The average molecular weight is 459 g/mol. The second-order valence-electron chi connectivity index (χ2n) is 7.62. The first-order valence-corrected chi connectivity index (χ1v) is 11.8. The lowest BCUT2D eigenvalue weighted by Crippen LogP contribution is -2.30. The van der Waals surface area contributed by atoms with E-state index in [2.05, 4.69) is 14.9 Å². The van der Waals surface area contributed by atoms with E-state index in [1.807, 2.05) is 0 Å². The zero-order valence-corrected chi connectivity index (χ0v) is 18.0. The van der Waals surface area contributed by atoms with Crippen molar-refractivity contribution in [3.8, 4) is 11.4 Å². The van der Waals surface area contributed by atoms with Gasteiger partial charge in [-0.2, -0.15) is 4.98 Å². The van der Waals surface area contributed by atoms with Gasteiger partial charge >= 0.3 is 0 Å². The zero-order valence-electron chi connectivity index (χ0n) is 16.4. The Labute approximate surface area is 184 Å². The highest BCUT2D eigenvalue weighted by atomic mass is 35.5. The lowest BCUT2D eigenvalue weighted by molar-refractivity contribution is -0.119. The van der Waals surface area contributed by atoms with E-state index >= 15 is 0 Å². The average Bonchev–Trinajstić information content (AvgIpc) is 3.36. The molecule has 2 aromatic carbocycles. The molecule has 1 amide bonds. The molecule has 1 aliphatic heterocycles. The van der Waals surface area contributed by atoms with Crippen molar-refractivity contribution in [1.82, 2.24) is 14.9 Å². The number of rotatable bonds is 6. The first-order valence-electron chi connectivity index (χ1n) is 9.94. The summed E-state index contributed by atoms with van der Waals surface area (Å²) < 4.78 is 33.2. The van der Waals surface area contributed by atoms with Crippen molar-refractivity contribution >= 4 is 33.2 Å². The van der Waals surface area contributed by atoms with E-state index in [1.54, 1.807) is 41.3 Å². The van der Waals surface area contributed by atoms with Crippen LogP contribution in [0, 0.1) is 5.92 Å². The quantitative estimate of drug-likeness (QED) is 0.608. The number of benzene rings is 2. The van der Waals surface area contributed by atoms with E-state index in [4.69, 9.17) is 16.1 Å². The summed E-state index contributed by atoms with van der Waals surface area (Å²) in [5.41, 5.74) is 2.26. The van der Waals surface area contributed by atoms with Gasteiger partial charge in [-0.25, -0.2) is 13.1 Å². The number of nitrogens with one attached hydrogen (secondary N) is 1. The zero-order chi connectivity index (χ0) is 21.6. The molecule has 0 radical (unpaired) electrons. The van der Waals surface area contributed by atoms with Gasteiger partial charge in [-0.05, 0) is 55.2 Å². The molecule has 0 saturated heterocycles. The van der Waals surface area contributed by atoms with Crippen LogP contribution in [0.5, 0.6) is 0 Å². The van der Waals surface area contributed by atoms with E-state index in [-0.39, 0.29) is 35.0 Å². The van der Waals surface area contributed by atoms with Crippen LogP contribution in [0.4, 0.5) is 5.69 Å². The number of halogens is 1. The van der Waals surface area contributed by atoms with Crippen LogP contribution < -0.4 is 9.62 Å². The molecule has 0 spiro atoms. The minimum atomic E-state index is -3.79. The number of nitrogens with zero attached hydrogens (tertiary/aromatic N) is 3. The highest BCUT2D eigenvalue weighted by molar-refractivity contribution is 7.89. The van der Waals surface area contributed by atoms with Gasteiger partial charge in [-0.15, -0.1) is 0 Å². The van der Waals surface area contributed by atoms with Gasteiger partial charge in [-0.1, -0.05) is 28.9 Å². The molecule has 0 bridgehead atoms. The van der Waals surface area contributed by atoms with Crippen LogP contribution in [-0.2, 0) is 27.8 Å². The SMILES string of the molecule is O=C(C1CC1)N1CCc2cc(S(=O)(=O)NCc3nc(-c4ccccc4Cl)no3)ccc21. The van der Waals surface area contributed by atoms with E-state index in [0.717, 1.165) is 24.1 Å². The second-order valence-corrected chi connectivity index (χ2v) is 9.79. The molecule has 1 aromatic heterocycles. The smallest absolute Gasteiger partial charge is 0.242 e. The Hall–Kier alpha value is -2.75. The number of sulfonamides is 1. The predicted molar refractivity (Wildman–Crippen MR) is 114 cm³/mol. The van der Waals surface area contributed by atoms with Gasteiger partial charge in [0.05, 0.1) is 16.5 Å². The van der Waals surface area contributed by atoms with Crippen LogP contribution >= 0.6 is 11.6 Å². The molecule has 1 saturated carbocycles. The van der Waals surface area contributed by atoms with Crippen molar-refractivity contribution in [3.63, 3.8) is 0 Å². The summed E-state index contributed by atoms with van der Waals surface area (Å²) in [6.45, 7) is 0.442. The summed E-state index contributed by atoms with van der Waals surface area (Å²) in [5, 5.41) is 4.34. The summed E-state index contributed by atoms with van der Waals surface area (Å²) >= 11 is 6.14. The number of amides is 1. The van der Waals surface area contributed by atoms with Crippen LogP contribution in [0.15, 0.2) is 51.9 Å². The molecule has 0 atom stereocenters. The molecule has 0 unspecified atom stereocenters. The highest BCUT2D eigenvalue weighted by Crippen LogP contribution is 2.37. The molecule has 8 nitrogen and oxygen atoms in total. The third-order valence-electron chi connectivity index (χ3n) is 5.45. The number of hydrogen-bond donors (Lipinski definition) is 1. The third kappa shape index (κ3) is 3.96. The largest absolute Gasteiger partial charge is 0.338 e. The van der Waals surface area contributed by atoms with Gasteiger partial charge in [0.2, 0.25) is 27.6 Å². The van der Waals surface area contributed by atoms with Crippen LogP contribution in [0.2, 0.25) is 5.02 Å². The summed E-state index contributed by atoms with van der Waals surface area (Å²) in [6.07, 6.45) is 2.52. The summed E-state index contributed by atoms with van der Waals surface area (Å²) in [5.74, 6) is 0.679. The molecule has 10 heteroatoms. The van der Waals surface area contributed by atoms with Gasteiger partial charge in [0.25, 0.3) is 0 Å². The lowest BCUT2D eigenvalue weighted by atomic mass is 10.2. The van der Waals surface area contributed by atoms with Crippen molar-refractivity contribution < 1.29 is 17.7 Å². The molecular weight excluding hydrogens is 440 g/mol. The fourth-order valence-electron chi connectivity index (χ4n) is 3.64. The number of carbonyl (C=O) groups is 1. The Balaban J connectivity index is 1.30. The van der Waals surface area contributed by atoms with Crippen molar-refractivity contribution in [1.29, 1.82) is 0 Å².